The predicted molar refractivity (Wildman–Crippen MR) is 90.7 cm³/mol. The Balaban J connectivity index is 2.08. The number of esters is 1. The van der Waals surface area contributed by atoms with Crippen molar-refractivity contribution in [3.8, 4) is 0 Å². The van der Waals surface area contributed by atoms with Crippen molar-refractivity contribution in [2.45, 2.75) is 32.6 Å². The van der Waals surface area contributed by atoms with Crippen molar-refractivity contribution < 1.29 is 14.3 Å². The van der Waals surface area contributed by atoms with Crippen LogP contribution in [0.25, 0.3) is 0 Å². The quantitative estimate of drug-likeness (QED) is 0.405. The van der Waals surface area contributed by atoms with E-state index in [0.29, 0.717) is 23.3 Å². The van der Waals surface area contributed by atoms with Gasteiger partial charge in [0.15, 0.2) is 5.78 Å². The van der Waals surface area contributed by atoms with Gasteiger partial charge in [0, 0.05) is 11.1 Å². The zero-order valence-electron chi connectivity index (χ0n) is 13.5. The summed E-state index contributed by atoms with van der Waals surface area (Å²) in [5.41, 5.74) is 1.28. The van der Waals surface area contributed by atoms with E-state index < -0.39 is 5.97 Å². The molecule has 0 aliphatic carbocycles. The van der Waals surface area contributed by atoms with Crippen LogP contribution in [0.5, 0.6) is 0 Å². The maximum atomic E-state index is 12.6. The Bertz CT molecular complexity index is 647. The molecular formula is C20H22O3. The van der Waals surface area contributed by atoms with E-state index in [-0.39, 0.29) is 5.78 Å². The first-order chi connectivity index (χ1) is 11.2. The fourth-order valence-corrected chi connectivity index (χ4v) is 2.38. The number of unbranched alkanes of at least 4 members (excludes halogenated alkanes) is 3. The third-order valence-electron chi connectivity index (χ3n) is 3.66. The van der Waals surface area contributed by atoms with E-state index in [0.717, 1.165) is 25.7 Å². The Morgan fingerprint density at radius 3 is 2.17 bits per heavy atom. The van der Waals surface area contributed by atoms with Crippen LogP contribution in [0.15, 0.2) is 54.6 Å². The van der Waals surface area contributed by atoms with E-state index in [1.807, 2.05) is 18.2 Å². The second kappa shape index (κ2) is 8.89. The van der Waals surface area contributed by atoms with Crippen LogP contribution in [0.2, 0.25) is 0 Å². The summed E-state index contributed by atoms with van der Waals surface area (Å²) in [7, 11) is 0. The van der Waals surface area contributed by atoms with Crippen molar-refractivity contribution in [2.75, 3.05) is 6.61 Å². The van der Waals surface area contributed by atoms with Crippen LogP contribution in [-0.4, -0.2) is 18.4 Å². The number of rotatable bonds is 8. The molecule has 0 N–H and O–H groups in total. The molecule has 0 aliphatic rings. The van der Waals surface area contributed by atoms with E-state index in [1.165, 1.54) is 0 Å². The number of carbonyl (C=O) groups is 2. The lowest BCUT2D eigenvalue weighted by Gasteiger charge is -2.09. The number of ketones is 1. The van der Waals surface area contributed by atoms with Crippen LogP contribution in [0.4, 0.5) is 0 Å². The van der Waals surface area contributed by atoms with Crippen molar-refractivity contribution in [1.82, 2.24) is 0 Å². The highest BCUT2D eigenvalue weighted by atomic mass is 16.5. The zero-order valence-corrected chi connectivity index (χ0v) is 13.5. The minimum atomic E-state index is -0.429. The van der Waals surface area contributed by atoms with Crippen LogP contribution in [0.1, 0.15) is 58.9 Å². The van der Waals surface area contributed by atoms with E-state index in [9.17, 15) is 9.59 Å². The minimum absolute atomic E-state index is 0.163. The van der Waals surface area contributed by atoms with Crippen LogP contribution in [-0.2, 0) is 4.74 Å². The van der Waals surface area contributed by atoms with Gasteiger partial charge in [0.05, 0.1) is 12.2 Å². The number of ether oxygens (including phenoxy) is 1. The fourth-order valence-electron chi connectivity index (χ4n) is 2.38. The van der Waals surface area contributed by atoms with Crippen molar-refractivity contribution in [2.24, 2.45) is 0 Å². The Labute approximate surface area is 137 Å². The molecule has 0 aliphatic heterocycles. The lowest BCUT2D eigenvalue weighted by Crippen LogP contribution is -2.13. The molecule has 0 unspecified atom stereocenters. The summed E-state index contributed by atoms with van der Waals surface area (Å²) >= 11 is 0. The largest absolute Gasteiger partial charge is 0.462 e. The number of hydrogen-bond donors (Lipinski definition) is 0. The average Bonchev–Trinajstić information content (AvgIpc) is 2.61. The fraction of sp³-hybridized carbons (Fsp3) is 0.300. The van der Waals surface area contributed by atoms with Gasteiger partial charge in [-0.1, -0.05) is 74.7 Å². The Kier molecular flexibility index (Phi) is 6.55. The van der Waals surface area contributed by atoms with Crippen molar-refractivity contribution in [1.29, 1.82) is 0 Å². The molecule has 0 saturated heterocycles. The zero-order chi connectivity index (χ0) is 16.5. The standard InChI is InChI=1S/C20H22O3/c1-2-3-4-10-15-23-20(22)18-14-9-8-13-17(18)19(21)16-11-6-5-7-12-16/h5-9,11-14H,2-4,10,15H2,1H3. The van der Waals surface area contributed by atoms with Gasteiger partial charge >= 0.3 is 5.97 Å². The summed E-state index contributed by atoms with van der Waals surface area (Å²) in [4.78, 5) is 24.8. The lowest BCUT2D eigenvalue weighted by molar-refractivity contribution is 0.0495. The van der Waals surface area contributed by atoms with Gasteiger partial charge in [-0.3, -0.25) is 4.79 Å². The molecule has 2 aromatic carbocycles. The van der Waals surface area contributed by atoms with Gasteiger partial charge in [0.25, 0.3) is 0 Å². The van der Waals surface area contributed by atoms with E-state index in [1.54, 1.807) is 36.4 Å². The topological polar surface area (TPSA) is 43.4 Å². The van der Waals surface area contributed by atoms with Crippen LogP contribution >= 0.6 is 0 Å². The van der Waals surface area contributed by atoms with Crippen molar-refractivity contribution in [3.05, 3.63) is 71.3 Å². The highest BCUT2D eigenvalue weighted by Crippen LogP contribution is 2.16. The molecule has 120 valence electrons. The molecule has 3 nitrogen and oxygen atoms in total. The number of benzene rings is 2. The molecule has 0 amide bonds. The van der Waals surface area contributed by atoms with E-state index in [4.69, 9.17) is 4.74 Å². The summed E-state index contributed by atoms with van der Waals surface area (Å²) < 4.78 is 5.31. The second-order valence-corrected chi connectivity index (χ2v) is 5.44. The number of carbonyl (C=O) groups excluding carboxylic acids is 2. The normalized spacial score (nSPS) is 10.3. The minimum Gasteiger partial charge on any atom is -0.462 e. The third kappa shape index (κ3) is 4.78. The molecule has 23 heavy (non-hydrogen) atoms. The van der Waals surface area contributed by atoms with Crippen molar-refractivity contribution in [3.63, 3.8) is 0 Å². The molecule has 0 fully saturated rings. The summed E-state index contributed by atoms with van der Waals surface area (Å²) in [5.74, 6) is -0.592. The van der Waals surface area contributed by atoms with Gasteiger partial charge in [-0.05, 0) is 12.5 Å². The monoisotopic (exact) mass is 310 g/mol. The number of hydrogen-bond acceptors (Lipinski definition) is 3. The molecule has 0 radical (unpaired) electrons. The molecular weight excluding hydrogens is 288 g/mol. The third-order valence-corrected chi connectivity index (χ3v) is 3.66. The van der Waals surface area contributed by atoms with Crippen molar-refractivity contribution >= 4 is 11.8 Å². The molecule has 0 aromatic heterocycles. The summed E-state index contributed by atoms with van der Waals surface area (Å²) in [6.45, 7) is 2.53. The smallest absolute Gasteiger partial charge is 0.338 e. The first kappa shape index (κ1) is 16.9. The summed E-state index contributed by atoms with van der Waals surface area (Å²) in [6.07, 6.45) is 4.19. The second-order valence-electron chi connectivity index (χ2n) is 5.44. The Hall–Kier alpha value is -2.42. The highest BCUT2D eigenvalue weighted by molar-refractivity contribution is 6.14. The molecule has 0 saturated carbocycles. The highest BCUT2D eigenvalue weighted by Gasteiger charge is 2.18. The SMILES string of the molecule is CCCCCCOC(=O)c1ccccc1C(=O)c1ccccc1. The van der Waals surface area contributed by atoms with Gasteiger partial charge in [-0.2, -0.15) is 0 Å². The summed E-state index contributed by atoms with van der Waals surface area (Å²) in [5, 5.41) is 0. The first-order valence-corrected chi connectivity index (χ1v) is 8.10. The molecule has 2 aromatic rings. The average molecular weight is 310 g/mol. The molecule has 0 bridgehead atoms. The summed E-state index contributed by atoms with van der Waals surface area (Å²) in [6, 6.07) is 15.8. The van der Waals surface area contributed by atoms with Gasteiger partial charge in [0.2, 0.25) is 0 Å². The van der Waals surface area contributed by atoms with Gasteiger partial charge in [-0.15, -0.1) is 0 Å². The van der Waals surface area contributed by atoms with Gasteiger partial charge in [0.1, 0.15) is 0 Å². The van der Waals surface area contributed by atoms with Crippen LogP contribution in [0.3, 0.4) is 0 Å². The van der Waals surface area contributed by atoms with Gasteiger partial charge in [-0.25, -0.2) is 4.79 Å². The molecule has 0 spiro atoms. The first-order valence-electron chi connectivity index (χ1n) is 8.10. The lowest BCUT2D eigenvalue weighted by atomic mass is 9.98. The maximum Gasteiger partial charge on any atom is 0.338 e. The Morgan fingerprint density at radius 2 is 1.48 bits per heavy atom. The molecule has 2 rings (SSSR count). The molecule has 0 atom stereocenters. The van der Waals surface area contributed by atoms with E-state index in [2.05, 4.69) is 6.92 Å². The predicted octanol–water partition coefficient (Wildman–Crippen LogP) is 4.65. The molecule has 0 heterocycles. The van der Waals surface area contributed by atoms with Crippen LogP contribution < -0.4 is 0 Å². The van der Waals surface area contributed by atoms with Gasteiger partial charge < -0.3 is 4.74 Å². The van der Waals surface area contributed by atoms with Crippen LogP contribution in [0, 0.1) is 0 Å². The molecule has 3 heteroatoms. The Morgan fingerprint density at radius 1 is 0.826 bits per heavy atom. The maximum absolute atomic E-state index is 12.6. The van der Waals surface area contributed by atoms with E-state index >= 15 is 0 Å².